The van der Waals surface area contributed by atoms with Gasteiger partial charge in [-0.2, -0.15) is 0 Å². The molecule has 1 atom stereocenters. The topological polar surface area (TPSA) is 41.5 Å². The Morgan fingerprint density at radius 1 is 1.53 bits per heavy atom. The lowest BCUT2D eigenvalue weighted by molar-refractivity contribution is 0.124. The molecule has 0 rings (SSSR count). The van der Waals surface area contributed by atoms with Crippen molar-refractivity contribution in [1.29, 1.82) is 0 Å². The number of hydrogen-bond donors (Lipinski definition) is 2. The number of rotatable bonds is 9. The molecule has 0 aromatic rings. The molecule has 0 saturated heterocycles. The van der Waals surface area contributed by atoms with Crippen LogP contribution in [0.2, 0.25) is 0 Å². The Morgan fingerprint density at radius 3 is 2.67 bits per heavy atom. The minimum Gasteiger partial charge on any atom is -0.396 e. The van der Waals surface area contributed by atoms with Crippen molar-refractivity contribution in [3.8, 4) is 0 Å². The van der Waals surface area contributed by atoms with Crippen molar-refractivity contribution in [3.63, 3.8) is 0 Å². The van der Waals surface area contributed by atoms with Gasteiger partial charge in [-0.05, 0) is 13.3 Å². The van der Waals surface area contributed by atoms with Crippen molar-refractivity contribution in [3.05, 3.63) is 12.2 Å². The maximum atomic E-state index is 9.18. The molecule has 0 fully saturated rings. The predicted molar refractivity (Wildman–Crippen MR) is 64.0 cm³/mol. The Labute approximate surface area is 93.5 Å². The van der Waals surface area contributed by atoms with Gasteiger partial charge in [-0.3, -0.25) is 0 Å². The summed E-state index contributed by atoms with van der Waals surface area (Å²) in [5.41, 5.74) is 1.04. The van der Waals surface area contributed by atoms with Gasteiger partial charge in [-0.25, -0.2) is 0 Å². The lowest BCUT2D eigenvalue weighted by Gasteiger charge is -2.25. The highest BCUT2D eigenvalue weighted by atomic mass is 16.5. The molecule has 1 unspecified atom stereocenters. The summed E-state index contributed by atoms with van der Waals surface area (Å²) in [5.74, 6) is 0. The van der Waals surface area contributed by atoms with E-state index in [1.54, 1.807) is 0 Å². The van der Waals surface area contributed by atoms with Crippen LogP contribution in [0, 0.1) is 5.41 Å². The fourth-order valence-corrected chi connectivity index (χ4v) is 1.07. The fraction of sp³-hybridized carbons (Fsp3) is 0.833. The van der Waals surface area contributed by atoms with Crippen molar-refractivity contribution in [2.75, 3.05) is 32.9 Å². The largest absolute Gasteiger partial charge is 0.396 e. The quantitative estimate of drug-likeness (QED) is 0.453. The van der Waals surface area contributed by atoms with E-state index in [0.29, 0.717) is 13.2 Å². The Hall–Kier alpha value is -0.380. The van der Waals surface area contributed by atoms with Crippen molar-refractivity contribution in [1.82, 2.24) is 5.32 Å². The molecule has 0 aliphatic heterocycles. The molecule has 0 aromatic heterocycles. The highest BCUT2D eigenvalue weighted by Crippen LogP contribution is 2.17. The Morgan fingerprint density at radius 2 is 2.20 bits per heavy atom. The van der Waals surface area contributed by atoms with E-state index in [0.717, 1.165) is 25.1 Å². The van der Waals surface area contributed by atoms with E-state index in [9.17, 15) is 5.11 Å². The Kier molecular flexibility index (Phi) is 7.65. The van der Waals surface area contributed by atoms with Crippen LogP contribution in [0.4, 0.5) is 0 Å². The maximum absolute atomic E-state index is 9.18. The van der Waals surface area contributed by atoms with E-state index in [1.165, 1.54) is 0 Å². The van der Waals surface area contributed by atoms with Crippen LogP contribution in [0.5, 0.6) is 0 Å². The molecule has 0 aliphatic carbocycles. The molecule has 90 valence electrons. The number of ether oxygens (including phenoxy) is 1. The molecule has 3 nitrogen and oxygen atoms in total. The third-order valence-corrected chi connectivity index (χ3v) is 2.56. The van der Waals surface area contributed by atoms with Crippen LogP contribution in [0.3, 0.4) is 0 Å². The summed E-state index contributed by atoms with van der Waals surface area (Å²) in [6, 6.07) is 0. The zero-order chi connectivity index (χ0) is 11.7. The summed E-state index contributed by atoms with van der Waals surface area (Å²) in [6.45, 7) is 13.1. The van der Waals surface area contributed by atoms with Crippen LogP contribution in [-0.2, 0) is 4.74 Å². The standard InChI is InChI=1S/C12H25NO2/c1-5-12(4,10-14)9-13-6-7-15-8-11(2)3/h13-14H,2,5-10H2,1,3-4H3. The average molecular weight is 215 g/mol. The first-order valence-electron chi connectivity index (χ1n) is 5.58. The monoisotopic (exact) mass is 215 g/mol. The number of hydrogen-bond acceptors (Lipinski definition) is 3. The molecule has 0 aromatic carbocycles. The van der Waals surface area contributed by atoms with Gasteiger partial charge in [0.2, 0.25) is 0 Å². The Balaban J connectivity index is 3.41. The zero-order valence-corrected chi connectivity index (χ0v) is 10.3. The van der Waals surface area contributed by atoms with Gasteiger partial charge in [0, 0.05) is 25.1 Å². The zero-order valence-electron chi connectivity index (χ0n) is 10.3. The normalized spacial score (nSPS) is 14.9. The minimum atomic E-state index is -0.00560. The lowest BCUT2D eigenvalue weighted by atomic mass is 9.89. The highest BCUT2D eigenvalue weighted by molar-refractivity contribution is 4.87. The van der Waals surface area contributed by atoms with Gasteiger partial charge in [-0.15, -0.1) is 0 Å². The number of aliphatic hydroxyl groups is 1. The van der Waals surface area contributed by atoms with Crippen molar-refractivity contribution >= 4 is 0 Å². The SMILES string of the molecule is C=C(C)COCCNCC(C)(CC)CO. The molecule has 0 aliphatic rings. The number of aliphatic hydroxyl groups excluding tert-OH is 1. The summed E-state index contributed by atoms with van der Waals surface area (Å²) in [6.07, 6.45) is 0.975. The summed E-state index contributed by atoms with van der Waals surface area (Å²) < 4.78 is 5.35. The van der Waals surface area contributed by atoms with Crippen LogP contribution in [0.25, 0.3) is 0 Å². The third-order valence-electron chi connectivity index (χ3n) is 2.56. The van der Waals surface area contributed by atoms with Crippen LogP contribution >= 0.6 is 0 Å². The highest BCUT2D eigenvalue weighted by Gasteiger charge is 2.19. The molecule has 0 amide bonds. The Bertz CT molecular complexity index is 176. The van der Waals surface area contributed by atoms with E-state index in [-0.39, 0.29) is 12.0 Å². The molecule has 15 heavy (non-hydrogen) atoms. The second kappa shape index (κ2) is 7.85. The molecule has 0 spiro atoms. The summed E-state index contributed by atoms with van der Waals surface area (Å²) in [4.78, 5) is 0. The summed E-state index contributed by atoms with van der Waals surface area (Å²) in [5, 5.41) is 12.5. The fourth-order valence-electron chi connectivity index (χ4n) is 1.07. The van der Waals surface area contributed by atoms with Gasteiger partial charge in [0.05, 0.1) is 13.2 Å². The van der Waals surface area contributed by atoms with Gasteiger partial charge in [0.1, 0.15) is 0 Å². The van der Waals surface area contributed by atoms with E-state index in [4.69, 9.17) is 4.74 Å². The van der Waals surface area contributed by atoms with Crippen LogP contribution in [-0.4, -0.2) is 38.0 Å². The minimum absolute atomic E-state index is 0.00560. The van der Waals surface area contributed by atoms with Gasteiger partial charge in [0.25, 0.3) is 0 Å². The number of nitrogens with one attached hydrogen (secondary N) is 1. The lowest BCUT2D eigenvalue weighted by Crippen LogP contribution is -2.35. The van der Waals surface area contributed by atoms with E-state index < -0.39 is 0 Å². The molecule has 0 radical (unpaired) electrons. The average Bonchev–Trinajstić information content (AvgIpc) is 2.22. The van der Waals surface area contributed by atoms with Crippen molar-refractivity contribution in [2.45, 2.75) is 27.2 Å². The predicted octanol–water partition coefficient (Wildman–Crippen LogP) is 1.58. The van der Waals surface area contributed by atoms with Gasteiger partial charge in [-0.1, -0.05) is 26.0 Å². The van der Waals surface area contributed by atoms with E-state index in [1.807, 2.05) is 6.92 Å². The molecule has 3 heteroatoms. The van der Waals surface area contributed by atoms with Crippen molar-refractivity contribution < 1.29 is 9.84 Å². The molecular weight excluding hydrogens is 190 g/mol. The van der Waals surface area contributed by atoms with Gasteiger partial charge in [0.15, 0.2) is 0 Å². The second-order valence-corrected chi connectivity index (χ2v) is 4.51. The first-order valence-corrected chi connectivity index (χ1v) is 5.58. The molecule has 0 heterocycles. The van der Waals surface area contributed by atoms with Crippen LogP contribution in [0.15, 0.2) is 12.2 Å². The third kappa shape index (κ3) is 7.54. The molecular formula is C12H25NO2. The molecule has 2 N–H and O–H groups in total. The smallest absolute Gasteiger partial charge is 0.0672 e. The van der Waals surface area contributed by atoms with Crippen LogP contribution in [0.1, 0.15) is 27.2 Å². The van der Waals surface area contributed by atoms with E-state index >= 15 is 0 Å². The second-order valence-electron chi connectivity index (χ2n) is 4.51. The first-order chi connectivity index (χ1) is 7.04. The van der Waals surface area contributed by atoms with Crippen molar-refractivity contribution in [2.24, 2.45) is 5.41 Å². The molecule has 0 saturated carbocycles. The summed E-state index contributed by atoms with van der Waals surface area (Å²) in [7, 11) is 0. The van der Waals surface area contributed by atoms with Gasteiger partial charge < -0.3 is 15.2 Å². The maximum Gasteiger partial charge on any atom is 0.0672 e. The first kappa shape index (κ1) is 14.6. The van der Waals surface area contributed by atoms with E-state index in [2.05, 4.69) is 25.7 Å². The molecule has 0 bridgehead atoms. The summed E-state index contributed by atoms with van der Waals surface area (Å²) >= 11 is 0. The van der Waals surface area contributed by atoms with Crippen LogP contribution < -0.4 is 5.32 Å². The van der Waals surface area contributed by atoms with Gasteiger partial charge >= 0.3 is 0 Å².